The van der Waals surface area contributed by atoms with E-state index in [0.717, 1.165) is 6.42 Å². The van der Waals surface area contributed by atoms with Gasteiger partial charge in [0, 0.05) is 6.04 Å². The summed E-state index contributed by atoms with van der Waals surface area (Å²) in [6.07, 6.45) is 0.916. The molecule has 0 aliphatic carbocycles. The van der Waals surface area contributed by atoms with E-state index in [1.54, 1.807) is 0 Å². The minimum Gasteiger partial charge on any atom is -0.397 e. The van der Waals surface area contributed by atoms with Crippen molar-refractivity contribution in [1.29, 1.82) is 0 Å². The lowest BCUT2D eigenvalue weighted by Crippen LogP contribution is -2.17. The first-order valence-electron chi connectivity index (χ1n) is 5.03. The van der Waals surface area contributed by atoms with Crippen molar-refractivity contribution in [2.75, 3.05) is 11.1 Å². The molecule has 0 aromatic heterocycles. The van der Waals surface area contributed by atoms with Crippen LogP contribution in [0.4, 0.5) is 11.4 Å². The van der Waals surface area contributed by atoms with E-state index in [9.17, 15) is 8.42 Å². The Morgan fingerprint density at radius 3 is 2.56 bits per heavy atom. The number of anilines is 2. The SMILES string of the molecule is CCC(C)Nc1cc(S(N)(=O)=O)ccc1N. The minimum atomic E-state index is -3.68. The van der Waals surface area contributed by atoms with Crippen molar-refractivity contribution in [2.24, 2.45) is 5.14 Å². The summed E-state index contributed by atoms with van der Waals surface area (Å²) in [5.74, 6) is 0. The zero-order valence-corrected chi connectivity index (χ0v) is 10.2. The van der Waals surface area contributed by atoms with Crippen molar-refractivity contribution < 1.29 is 8.42 Å². The zero-order valence-electron chi connectivity index (χ0n) is 9.40. The molecule has 1 aromatic carbocycles. The molecule has 1 atom stereocenters. The highest BCUT2D eigenvalue weighted by molar-refractivity contribution is 7.89. The summed E-state index contributed by atoms with van der Waals surface area (Å²) in [6.45, 7) is 4.01. The van der Waals surface area contributed by atoms with Gasteiger partial charge in [0.2, 0.25) is 10.0 Å². The maximum Gasteiger partial charge on any atom is 0.238 e. The Hall–Kier alpha value is -1.27. The van der Waals surface area contributed by atoms with Crippen LogP contribution < -0.4 is 16.2 Å². The van der Waals surface area contributed by atoms with Gasteiger partial charge in [0.05, 0.1) is 16.3 Å². The summed E-state index contributed by atoms with van der Waals surface area (Å²) in [5, 5.41) is 8.17. The molecule has 0 spiro atoms. The molecule has 0 radical (unpaired) electrons. The molecule has 1 aromatic rings. The number of nitrogens with one attached hydrogen (secondary N) is 1. The van der Waals surface area contributed by atoms with Gasteiger partial charge in [0.15, 0.2) is 0 Å². The van der Waals surface area contributed by atoms with Crippen molar-refractivity contribution in [2.45, 2.75) is 31.2 Å². The molecule has 0 bridgehead atoms. The molecule has 5 nitrogen and oxygen atoms in total. The molecule has 6 heteroatoms. The molecule has 0 aliphatic rings. The van der Waals surface area contributed by atoms with Gasteiger partial charge in [0.25, 0.3) is 0 Å². The smallest absolute Gasteiger partial charge is 0.238 e. The summed E-state index contributed by atoms with van der Waals surface area (Å²) in [6, 6.07) is 4.60. The maximum atomic E-state index is 11.2. The van der Waals surface area contributed by atoms with Gasteiger partial charge in [-0.25, -0.2) is 13.6 Å². The van der Waals surface area contributed by atoms with Gasteiger partial charge in [-0.05, 0) is 31.5 Å². The summed E-state index contributed by atoms with van der Waals surface area (Å²) < 4.78 is 22.3. The van der Waals surface area contributed by atoms with Crippen LogP contribution in [0.5, 0.6) is 0 Å². The minimum absolute atomic E-state index is 0.0625. The van der Waals surface area contributed by atoms with Crippen molar-refractivity contribution in [3.05, 3.63) is 18.2 Å². The number of rotatable bonds is 4. The number of hydrogen-bond donors (Lipinski definition) is 3. The van der Waals surface area contributed by atoms with Gasteiger partial charge < -0.3 is 11.1 Å². The Morgan fingerprint density at radius 1 is 1.44 bits per heavy atom. The predicted octanol–water partition coefficient (Wildman–Crippen LogP) is 1.13. The maximum absolute atomic E-state index is 11.2. The monoisotopic (exact) mass is 243 g/mol. The van der Waals surface area contributed by atoms with Gasteiger partial charge in [-0.1, -0.05) is 6.92 Å². The Kier molecular flexibility index (Phi) is 3.77. The van der Waals surface area contributed by atoms with Gasteiger partial charge in [0.1, 0.15) is 0 Å². The lowest BCUT2D eigenvalue weighted by atomic mass is 10.2. The quantitative estimate of drug-likeness (QED) is 0.690. The summed E-state index contributed by atoms with van der Waals surface area (Å²) in [5.41, 5.74) is 6.84. The predicted molar refractivity (Wildman–Crippen MR) is 65.6 cm³/mol. The molecular weight excluding hydrogens is 226 g/mol. The third kappa shape index (κ3) is 3.11. The Bertz CT molecular complexity index is 471. The number of nitrogens with two attached hydrogens (primary N) is 2. The van der Waals surface area contributed by atoms with Crippen LogP contribution in [0, 0.1) is 0 Å². The lowest BCUT2D eigenvalue weighted by molar-refractivity contribution is 0.598. The van der Waals surface area contributed by atoms with Crippen molar-refractivity contribution in [1.82, 2.24) is 0 Å². The number of primary sulfonamides is 1. The molecule has 0 saturated heterocycles. The fourth-order valence-corrected chi connectivity index (χ4v) is 1.74. The summed E-state index contributed by atoms with van der Waals surface area (Å²) in [4.78, 5) is 0.0625. The summed E-state index contributed by atoms with van der Waals surface area (Å²) >= 11 is 0. The first kappa shape index (κ1) is 12.8. The largest absolute Gasteiger partial charge is 0.397 e. The fourth-order valence-electron chi connectivity index (χ4n) is 1.20. The molecule has 0 amide bonds. The molecule has 16 heavy (non-hydrogen) atoms. The van der Waals surface area contributed by atoms with Gasteiger partial charge in [-0.2, -0.15) is 0 Å². The van der Waals surface area contributed by atoms with E-state index in [1.165, 1.54) is 18.2 Å². The van der Waals surface area contributed by atoms with Crippen molar-refractivity contribution in [3.63, 3.8) is 0 Å². The van der Waals surface area contributed by atoms with Crippen molar-refractivity contribution >= 4 is 21.4 Å². The Balaban J connectivity index is 3.09. The lowest BCUT2D eigenvalue weighted by Gasteiger charge is -2.15. The average molecular weight is 243 g/mol. The number of benzene rings is 1. The van der Waals surface area contributed by atoms with Crippen LogP contribution in [0.25, 0.3) is 0 Å². The van der Waals surface area contributed by atoms with Crippen LogP contribution in [-0.2, 0) is 10.0 Å². The standard InChI is InChI=1S/C10H17N3O2S/c1-3-7(2)13-10-6-8(16(12,14)15)4-5-9(10)11/h4-7,13H,3,11H2,1-2H3,(H2,12,14,15). The Morgan fingerprint density at radius 2 is 2.06 bits per heavy atom. The van der Waals surface area contributed by atoms with E-state index in [2.05, 4.69) is 5.32 Å². The highest BCUT2D eigenvalue weighted by Crippen LogP contribution is 2.23. The van der Waals surface area contributed by atoms with E-state index in [-0.39, 0.29) is 10.9 Å². The molecule has 0 aliphatic heterocycles. The normalized spacial score (nSPS) is 13.4. The van der Waals surface area contributed by atoms with Crippen LogP contribution in [0.2, 0.25) is 0 Å². The van der Waals surface area contributed by atoms with E-state index >= 15 is 0 Å². The second-order valence-corrected chi connectivity index (χ2v) is 5.31. The van der Waals surface area contributed by atoms with E-state index in [4.69, 9.17) is 10.9 Å². The van der Waals surface area contributed by atoms with Crippen molar-refractivity contribution in [3.8, 4) is 0 Å². The zero-order chi connectivity index (χ0) is 12.3. The van der Waals surface area contributed by atoms with Gasteiger partial charge in [-0.3, -0.25) is 0 Å². The number of nitrogen functional groups attached to an aromatic ring is 1. The van der Waals surface area contributed by atoms with Crippen LogP contribution in [0.1, 0.15) is 20.3 Å². The van der Waals surface area contributed by atoms with Crippen LogP contribution in [0.15, 0.2) is 23.1 Å². The van der Waals surface area contributed by atoms with Gasteiger partial charge in [-0.15, -0.1) is 0 Å². The molecule has 1 unspecified atom stereocenters. The topological polar surface area (TPSA) is 98.2 Å². The van der Waals surface area contributed by atoms with Gasteiger partial charge >= 0.3 is 0 Å². The number of sulfonamides is 1. The Labute approximate surface area is 95.9 Å². The third-order valence-corrected chi connectivity index (χ3v) is 3.28. The first-order chi connectivity index (χ1) is 7.34. The molecule has 5 N–H and O–H groups in total. The van der Waals surface area contributed by atoms with E-state index < -0.39 is 10.0 Å². The highest BCUT2D eigenvalue weighted by atomic mass is 32.2. The molecule has 0 saturated carbocycles. The molecule has 0 heterocycles. The second-order valence-electron chi connectivity index (χ2n) is 3.75. The highest BCUT2D eigenvalue weighted by Gasteiger charge is 2.11. The van der Waals surface area contributed by atoms with E-state index in [0.29, 0.717) is 11.4 Å². The van der Waals surface area contributed by atoms with Crippen LogP contribution >= 0.6 is 0 Å². The molecule has 90 valence electrons. The van der Waals surface area contributed by atoms with E-state index in [1.807, 2.05) is 13.8 Å². The third-order valence-electron chi connectivity index (χ3n) is 2.37. The first-order valence-corrected chi connectivity index (χ1v) is 6.58. The number of hydrogen-bond acceptors (Lipinski definition) is 4. The molecule has 1 rings (SSSR count). The second kappa shape index (κ2) is 4.71. The average Bonchev–Trinajstić information content (AvgIpc) is 2.19. The summed E-state index contributed by atoms with van der Waals surface area (Å²) in [7, 11) is -3.68. The molecular formula is C10H17N3O2S. The van der Waals surface area contributed by atoms with Crippen LogP contribution in [-0.4, -0.2) is 14.5 Å². The fraction of sp³-hybridized carbons (Fsp3) is 0.400. The molecule has 0 fully saturated rings. The van der Waals surface area contributed by atoms with Crippen LogP contribution in [0.3, 0.4) is 0 Å².